The molecule has 0 saturated carbocycles. The van der Waals surface area contributed by atoms with E-state index in [0.717, 1.165) is 21.5 Å². The highest BCUT2D eigenvalue weighted by Gasteiger charge is 2.04. The minimum atomic E-state index is 0.690. The number of pyridine rings is 1. The van der Waals surface area contributed by atoms with Gasteiger partial charge in [0.25, 0.3) is 0 Å². The van der Waals surface area contributed by atoms with E-state index in [2.05, 4.69) is 20.9 Å². The Hall–Kier alpha value is -1.55. The number of nitrogen functional groups attached to an aromatic ring is 1. The van der Waals surface area contributed by atoms with E-state index in [1.54, 1.807) is 19.4 Å². The van der Waals surface area contributed by atoms with Crippen LogP contribution in [0.1, 0.15) is 0 Å². The molecule has 0 unspecified atom stereocenters. The molecule has 2 rings (SSSR count). The fourth-order valence-corrected chi connectivity index (χ4v) is 1.82. The van der Waals surface area contributed by atoms with Crippen LogP contribution in [-0.2, 0) is 0 Å². The second-order valence-corrected chi connectivity index (χ2v) is 4.14. The largest absolute Gasteiger partial charge is 0.497 e. The lowest BCUT2D eigenvalue weighted by molar-refractivity contribution is 0.415. The zero-order valence-electron chi connectivity index (χ0n) is 8.77. The number of aromatic nitrogens is 1. The van der Waals surface area contributed by atoms with E-state index < -0.39 is 0 Å². The molecule has 0 fully saturated rings. The zero-order valence-corrected chi connectivity index (χ0v) is 10.4. The molecule has 3 nitrogen and oxygen atoms in total. The fourth-order valence-electron chi connectivity index (χ4n) is 1.48. The molecule has 0 aliphatic rings. The van der Waals surface area contributed by atoms with E-state index in [0.29, 0.717) is 5.69 Å². The van der Waals surface area contributed by atoms with Crippen molar-refractivity contribution in [1.29, 1.82) is 0 Å². The number of hydrogen-bond donors (Lipinski definition) is 1. The summed E-state index contributed by atoms with van der Waals surface area (Å²) >= 11 is 3.28. The first-order valence-corrected chi connectivity index (χ1v) is 5.55. The Bertz CT molecular complexity index is 514. The van der Waals surface area contributed by atoms with Gasteiger partial charge in [-0.25, -0.2) is 4.98 Å². The Kier molecular flexibility index (Phi) is 3.10. The van der Waals surface area contributed by atoms with E-state index in [1.165, 1.54) is 0 Å². The maximum atomic E-state index is 5.93. The third-order valence-electron chi connectivity index (χ3n) is 2.28. The van der Waals surface area contributed by atoms with Crippen LogP contribution >= 0.6 is 15.9 Å². The van der Waals surface area contributed by atoms with Crippen LogP contribution in [0.25, 0.3) is 11.1 Å². The smallest absolute Gasteiger partial charge is 0.119 e. The van der Waals surface area contributed by atoms with Gasteiger partial charge in [-0.3, -0.25) is 0 Å². The molecule has 1 aromatic carbocycles. The molecule has 0 amide bonds. The minimum absolute atomic E-state index is 0.690. The third-order valence-corrected chi connectivity index (χ3v) is 2.72. The van der Waals surface area contributed by atoms with Crippen LogP contribution in [0.15, 0.2) is 41.1 Å². The number of nitrogens with zero attached hydrogens (tertiary/aromatic N) is 1. The summed E-state index contributed by atoms with van der Waals surface area (Å²) in [5, 5.41) is 0. The zero-order chi connectivity index (χ0) is 11.5. The summed E-state index contributed by atoms with van der Waals surface area (Å²) < 4.78 is 5.90. The lowest BCUT2D eigenvalue weighted by atomic mass is 10.1. The summed E-state index contributed by atoms with van der Waals surface area (Å²) in [6, 6.07) is 9.52. The first-order valence-electron chi connectivity index (χ1n) is 4.76. The van der Waals surface area contributed by atoms with Crippen molar-refractivity contribution in [3.8, 4) is 16.9 Å². The summed E-state index contributed by atoms with van der Waals surface area (Å²) in [4.78, 5) is 4.17. The molecular formula is C12H11BrN2O. The van der Waals surface area contributed by atoms with E-state index in [9.17, 15) is 0 Å². The summed E-state index contributed by atoms with van der Waals surface area (Å²) in [6.45, 7) is 0. The van der Waals surface area contributed by atoms with Gasteiger partial charge < -0.3 is 10.5 Å². The van der Waals surface area contributed by atoms with Gasteiger partial charge in [0.15, 0.2) is 0 Å². The maximum Gasteiger partial charge on any atom is 0.119 e. The lowest BCUT2D eigenvalue weighted by Crippen LogP contribution is -1.92. The van der Waals surface area contributed by atoms with Crippen LogP contribution in [0.2, 0.25) is 0 Å². The highest BCUT2D eigenvalue weighted by atomic mass is 79.9. The van der Waals surface area contributed by atoms with Gasteiger partial charge in [-0.05, 0) is 39.7 Å². The van der Waals surface area contributed by atoms with Crippen molar-refractivity contribution in [2.45, 2.75) is 0 Å². The fraction of sp³-hybridized carbons (Fsp3) is 0.0833. The van der Waals surface area contributed by atoms with Gasteiger partial charge in [-0.15, -0.1) is 0 Å². The number of benzene rings is 1. The topological polar surface area (TPSA) is 48.1 Å². The van der Waals surface area contributed by atoms with Crippen molar-refractivity contribution < 1.29 is 4.74 Å². The van der Waals surface area contributed by atoms with Crippen molar-refractivity contribution in [2.24, 2.45) is 0 Å². The van der Waals surface area contributed by atoms with Crippen molar-refractivity contribution in [2.75, 3.05) is 12.8 Å². The van der Waals surface area contributed by atoms with Gasteiger partial charge >= 0.3 is 0 Å². The second kappa shape index (κ2) is 4.53. The molecule has 0 spiro atoms. The molecule has 0 bridgehead atoms. The van der Waals surface area contributed by atoms with Gasteiger partial charge in [-0.1, -0.05) is 12.1 Å². The van der Waals surface area contributed by atoms with E-state index >= 15 is 0 Å². The molecule has 2 aromatic rings. The molecule has 0 atom stereocenters. The highest BCUT2D eigenvalue weighted by molar-refractivity contribution is 9.10. The number of rotatable bonds is 2. The van der Waals surface area contributed by atoms with Gasteiger partial charge in [0.2, 0.25) is 0 Å². The monoisotopic (exact) mass is 278 g/mol. The number of halogens is 1. The summed E-state index contributed by atoms with van der Waals surface area (Å²) in [7, 11) is 1.64. The number of hydrogen-bond acceptors (Lipinski definition) is 3. The number of ether oxygens (including phenoxy) is 1. The molecule has 0 aliphatic heterocycles. The predicted molar refractivity (Wildman–Crippen MR) is 68.3 cm³/mol. The molecule has 1 aromatic heterocycles. The highest BCUT2D eigenvalue weighted by Crippen LogP contribution is 2.29. The molecule has 4 heteroatoms. The number of anilines is 1. The molecular weight excluding hydrogens is 268 g/mol. The Labute approximate surface area is 102 Å². The Morgan fingerprint density at radius 2 is 2.12 bits per heavy atom. The van der Waals surface area contributed by atoms with E-state index in [-0.39, 0.29) is 0 Å². The van der Waals surface area contributed by atoms with Crippen LogP contribution in [0.3, 0.4) is 0 Å². The molecule has 2 N–H and O–H groups in total. The van der Waals surface area contributed by atoms with E-state index in [1.807, 2.05) is 24.3 Å². The van der Waals surface area contributed by atoms with Crippen LogP contribution in [0.5, 0.6) is 5.75 Å². The predicted octanol–water partition coefficient (Wildman–Crippen LogP) is 3.10. The van der Waals surface area contributed by atoms with Crippen LogP contribution < -0.4 is 10.5 Å². The van der Waals surface area contributed by atoms with Gasteiger partial charge in [0.05, 0.1) is 7.11 Å². The van der Waals surface area contributed by atoms with E-state index in [4.69, 9.17) is 10.5 Å². The Morgan fingerprint density at radius 1 is 1.31 bits per heavy atom. The van der Waals surface area contributed by atoms with Gasteiger partial charge in [0.1, 0.15) is 10.4 Å². The summed E-state index contributed by atoms with van der Waals surface area (Å²) in [5.41, 5.74) is 8.53. The average molecular weight is 279 g/mol. The molecule has 16 heavy (non-hydrogen) atoms. The van der Waals surface area contributed by atoms with Crippen LogP contribution in [-0.4, -0.2) is 12.1 Å². The molecule has 0 radical (unpaired) electrons. The Balaban J connectivity index is 2.49. The molecule has 0 aliphatic carbocycles. The molecule has 82 valence electrons. The summed E-state index contributed by atoms with van der Waals surface area (Å²) in [6.07, 6.45) is 1.74. The first kappa shape index (κ1) is 11.0. The summed E-state index contributed by atoms with van der Waals surface area (Å²) in [5.74, 6) is 0.805. The van der Waals surface area contributed by atoms with Crippen molar-refractivity contribution in [1.82, 2.24) is 4.98 Å². The first-order chi connectivity index (χ1) is 7.70. The standard InChI is InChI=1S/C12H11BrN2O/c1-16-9-4-2-3-8(5-9)10-7-15-12(13)6-11(10)14/h2-7H,1H3,(H2,14,15). The van der Waals surface area contributed by atoms with Crippen molar-refractivity contribution >= 4 is 21.6 Å². The van der Waals surface area contributed by atoms with Gasteiger partial charge in [0, 0.05) is 17.4 Å². The third kappa shape index (κ3) is 2.17. The average Bonchev–Trinajstić information content (AvgIpc) is 2.29. The quantitative estimate of drug-likeness (QED) is 0.859. The molecule has 1 heterocycles. The second-order valence-electron chi connectivity index (χ2n) is 3.33. The van der Waals surface area contributed by atoms with Gasteiger partial charge in [-0.2, -0.15) is 0 Å². The lowest BCUT2D eigenvalue weighted by Gasteiger charge is -2.07. The number of nitrogens with two attached hydrogens (primary N) is 1. The number of methoxy groups -OCH3 is 1. The van der Waals surface area contributed by atoms with Crippen molar-refractivity contribution in [3.05, 3.63) is 41.1 Å². The normalized spacial score (nSPS) is 10.1. The van der Waals surface area contributed by atoms with Crippen LogP contribution in [0.4, 0.5) is 5.69 Å². The minimum Gasteiger partial charge on any atom is -0.497 e. The Morgan fingerprint density at radius 3 is 2.81 bits per heavy atom. The SMILES string of the molecule is COc1cccc(-c2cnc(Br)cc2N)c1. The maximum absolute atomic E-state index is 5.93. The molecule has 0 saturated heterocycles. The van der Waals surface area contributed by atoms with Crippen molar-refractivity contribution in [3.63, 3.8) is 0 Å². The van der Waals surface area contributed by atoms with Crippen LogP contribution in [0, 0.1) is 0 Å².